The topological polar surface area (TPSA) is 105 Å². The maximum Gasteiger partial charge on any atom is 0.418 e. The number of aryl methyl sites for hydroxylation is 3. The average Bonchev–Trinajstić information content (AvgIpc) is 3.39. The summed E-state index contributed by atoms with van der Waals surface area (Å²) in [6.45, 7) is 5.26. The molecule has 0 N–H and O–H groups in total. The van der Waals surface area contributed by atoms with E-state index in [1.54, 1.807) is 37.5 Å². The molecule has 204 valence electrons. The normalized spacial score (nSPS) is 12.1. The van der Waals surface area contributed by atoms with E-state index >= 15 is 0 Å². The van der Waals surface area contributed by atoms with Gasteiger partial charge in [0.2, 0.25) is 0 Å². The zero-order valence-corrected chi connectivity index (χ0v) is 21.4. The van der Waals surface area contributed by atoms with Crippen LogP contribution in [0.15, 0.2) is 36.4 Å². The van der Waals surface area contributed by atoms with Crippen LogP contribution >= 0.6 is 0 Å². The van der Waals surface area contributed by atoms with Gasteiger partial charge in [0.05, 0.1) is 58.5 Å². The van der Waals surface area contributed by atoms with Crippen LogP contribution < -0.4 is 0 Å². The van der Waals surface area contributed by atoms with Crippen LogP contribution in [0.4, 0.5) is 26.3 Å². The second kappa shape index (κ2) is 11.0. The van der Waals surface area contributed by atoms with Gasteiger partial charge in [0.1, 0.15) is 6.04 Å². The molecule has 2 aromatic heterocycles. The van der Waals surface area contributed by atoms with Gasteiger partial charge in [-0.1, -0.05) is 0 Å². The second-order valence-corrected chi connectivity index (χ2v) is 8.87. The van der Waals surface area contributed by atoms with Gasteiger partial charge in [-0.3, -0.25) is 0 Å². The number of alkyl halides is 6. The van der Waals surface area contributed by atoms with E-state index in [0.717, 1.165) is 6.07 Å². The molecule has 2 aromatic carbocycles. The minimum absolute atomic E-state index is 0.00647. The highest BCUT2D eigenvalue weighted by Crippen LogP contribution is 2.40. The van der Waals surface area contributed by atoms with Crippen LogP contribution in [-0.2, 0) is 18.9 Å². The van der Waals surface area contributed by atoms with E-state index in [-0.39, 0.29) is 22.8 Å². The number of nitrogens with zero attached hydrogens (tertiary/aromatic N) is 6. The third-order valence-corrected chi connectivity index (χ3v) is 6.34. The summed E-state index contributed by atoms with van der Waals surface area (Å²) in [5.41, 5.74) is -0.757. The van der Waals surface area contributed by atoms with E-state index < -0.39 is 35.1 Å². The molecule has 0 spiro atoms. The molecule has 40 heavy (non-hydrogen) atoms. The Morgan fingerprint density at radius 1 is 0.750 bits per heavy atom. The van der Waals surface area contributed by atoms with Gasteiger partial charge in [-0.2, -0.15) is 47.4 Å². The lowest BCUT2D eigenvalue weighted by molar-refractivity contribution is -0.137. The molecule has 0 saturated carbocycles. The van der Waals surface area contributed by atoms with Crippen molar-refractivity contribution in [3.05, 3.63) is 70.0 Å². The van der Waals surface area contributed by atoms with Gasteiger partial charge >= 0.3 is 12.4 Å². The number of rotatable bonds is 3. The van der Waals surface area contributed by atoms with Crippen molar-refractivity contribution in [3.63, 3.8) is 0 Å². The Labute approximate surface area is 225 Å². The minimum Gasteiger partial charge on any atom is -0.344 e. The van der Waals surface area contributed by atoms with Crippen molar-refractivity contribution in [3.8, 4) is 24.3 Å². The molecule has 0 amide bonds. The summed E-state index contributed by atoms with van der Waals surface area (Å²) in [4.78, 5) is 0. The fourth-order valence-corrected chi connectivity index (χ4v) is 4.73. The van der Waals surface area contributed by atoms with Crippen LogP contribution in [0, 0.1) is 59.2 Å². The van der Waals surface area contributed by atoms with Gasteiger partial charge < -0.3 is 9.13 Å². The molecule has 0 bridgehead atoms. The fraction of sp³-hybridized carbons (Fsp3) is 0.286. The fourth-order valence-electron chi connectivity index (χ4n) is 4.73. The predicted octanol–water partition coefficient (Wildman–Crippen LogP) is 7.68. The Bertz CT molecular complexity index is 1760. The summed E-state index contributed by atoms with van der Waals surface area (Å²) >= 11 is 0. The van der Waals surface area contributed by atoms with Crippen LogP contribution in [-0.4, -0.2) is 9.13 Å². The zero-order chi connectivity index (χ0) is 30.0. The van der Waals surface area contributed by atoms with Crippen LogP contribution in [0.2, 0.25) is 0 Å². The van der Waals surface area contributed by atoms with E-state index in [2.05, 4.69) is 0 Å². The summed E-state index contributed by atoms with van der Waals surface area (Å²) in [5.74, 6) is 0. The quantitative estimate of drug-likeness (QED) is 0.242. The van der Waals surface area contributed by atoms with E-state index in [1.165, 1.54) is 34.9 Å². The first-order valence-corrected chi connectivity index (χ1v) is 11.7. The van der Waals surface area contributed by atoms with Gasteiger partial charge in [-0.15, -0.1) is 0 Å². The van der Waals surface area contributed by atoms with E-state index in [1.807, 2.05) is 12.1 Å². The zero-order valence-electron chi connectivity index (χ0n) is 21.4. The molecule has 1 unspecified atom stereocenters. The number of benzene rings is 2. The smallest absolute Gasteiger partial charge is 0.344 e. The summed E-state index contributed by atoms with van der Waals surface area (Å²) in [5, 5.41) is 35.3. The maximum atomic E-state index is 13.2. The lowest BCUT2D eigenvalue weighted by Crippen LogP contribution is -2.09. The lowest BCUT2D eigenvalue weighted by Gasteiger charge is -2.13. The Hall–Kier alpha value is -4.94. The van der Waals surface area contributed by atoms with Crippen molar-refractivity contribution in [1.29, 1.82) is 21.0 Å². The molecule has 12 heteroatoms. The van der Waals surface area contributed by atoms with Crippen molar-refractivity contribution < 1.29 is 26.3 Å². The molecule has 4 rings (SSSR count). The monoisotopic (exact) mass is 554 g/mol. The van der Waals surface area contributed by atoms with Crippen molar-refractivity contribution >= 4 is 21.8 Å². The van der Waals surface area contributed by atoms with Crippen LogP contribution in [0.25, 0.3) is 21.8 Å². The van der Waals surface area contributed by atoms with Crippen molar-refractivity contribution in [2.24, 2.45) is 0 Å². The molecule has 0 fully saturated rings. The van der Waals surface area contributed by atoms with Crippen molar-refractivity contribution in [1.82, 2.24) is 9.13 Å². The summed E-state index contributed by atoms with van der Waals surface area (Å²) < 4.78 is 82.1. The predicted molar refractivity (Wildman–Crippen MR) is 133 cm³/mol. The third kappa shape index (κ3) is 5.44. The second-order valence-electron chi connectivity index (χ2n) is 8.87. The largest absolute Gasteiger partial charge is 0.418 e. The first-order chi connectivity index (χ1) is 18.7. The summed E-state index contributed by atoms with van der Waals surface area (Å²) in [6, 6.07) is 14.6. The first-order valence-electron chi connectivity index (χ1n) is 11.7. The van der Waals surface area contributed by atoms with Gasteiger partial charge in [0.25, 0.3) is 0 Å². The van der Waals surface area contributed by atoms with Crippen molar-refractivity contribution in [2.75, 3.05) is 0 Å². The Morgan fingerprint density at radius 2 is 1.23 bits per heavy atom. The average molecular weight is 554 g/mol. The minimum atomic E-state index is -4.61. The molecule has 0 aliphatic rings. The van der Waals surface area contributed by atoms with Crippen molar-refractivity contribution in [2.45, 2.75) is 52.1 Å². The molecule has 6 nitrogen and oxygen atoms in total. The van der Waals surface area contributed by atoms with Gasteiger partial charge in [0, 0.05) is 34.2 Å². The third-order valence-electron chi connectivity index (χ3n) is 6.34. The standard InChI is InChI=1S/2C14H10F3N3/c1-8-5-11-12(20(8)9(2)6-18)4-3-10(7-19)13(11)14(15,16)17;1-9-7-11-12(20(9)6-2-5-18)4-3-10(8-19)13(11)14(15,16)17/h3-5,9H,1-2H3;3-4,7H,2,6H2,1H3. The molecule has 0 aliphatic heterocycles. The molecular formula is C28H20F6N6. The molecule has 1 atom stereocenters. The first kappa shape index (κ1) is 29.6. The molecule has 2 heterocycles. The highest BCUT2D eigenvalue weighted by Gasteiger charge is 2.37. The molecule has 0 radical (unpaired) electrons. The molecule has 0 saturated heterocycles. The van der Waals surface area contributed by atoms with Gasteiger partial charge in [-0.05, 0) is 57.2 Å². The van der Waals surface area contributed by atoms with E-state index in [9.17, 15) is 26.3 Å². The summed E-state index contributed by atoms with van der Waals surface area (Å²) in [7, 11) is 0. The number of aromatic nitrogens is 2. The maximum absolute atomic E-state index is 13.2. The van der Waals surface area contributed by atoms with Gasteiger partial charge in [0.15, 0.2) is 0 Å². The molecule has 0 aliphatic carbocycles. The lowest BCUT2D eigenvalue weighted by atomic mass is 10.0. The number of halogens is 6. The Balaban J connectivity index is 0.000000220. The van der Waals surface area contributed by atoms with E-state index in [0.29, 0.717) is 29.0 Å². The molecule has 4 aromatic rings. The van der Waals surface area contributed by atoms with Crippen LogP contribution in [0.3, 0.4) is 0 Å². The highest BCUT2D eigenvalue weighted by molar-refractivity contribution is 5.88. The Morgan fingerprint density at radius 3 is 1.68 bits per heavy atom. The summed E-state index contributed by atoms with van der Waals surface area (Å²) in [6.07, 6.45) is -8.98. The van der Waals surface area contributed by atoms with Gasteiger partial charge in [-0.25, -0.2) is 0 Å². The molecular weight excluding hydrogens is 534 g/mol. The van der Waals surface area contributed by atoms with Crippen LogP contribution in [0.1, 0.15) is 53.0 Å². The SMILES string of the molecule is Cc1cc2c(C(F)(F)F)c(C#N)ccc2n1C(C)C#N.Cc1cc2c(C(F)(F)F)c(C#N)ccc2n1CCC#N. The number of hydrogen-bond donors (Lipinski definition) is 0. The number of hydrogen-bond acceptors (Lipinski definition) is 4. The van der Waals surface area contributed by atoms with E-state index in [4.69, 9.17) is 21.0 Å². The Kier molecular flexibility index (Phi) is 8.18. The van der Waals surface area contributed by atoms with Crippen LogP contribution in [0.5, 0.6) is 0 Å². The highest BCUT2D eigenvalue weighted by atomic mass is 19.4. The number of nitriles is 4. The number of fused-ring (bicyclic) bond motifs is 2.